The molecule has 0 aliphatic heterocycles. The Balaban J connectivity index is 1.58. The van der Waals surface area contributed by atoms with Gasteiger partial charge in [-0.15, -0.1) is 0 Å². The molecule has 1 saturated carbocycles. The number of nitrogens with one attached hydrogen (secondary N) is 1. The molecule has 252 valence electrons. The minimum atomic E-state index is -4.26. The van der Waals surface area contributed by atoms with Gasteiger partial charge in [-0.25, -0.2) is 8.42 Å². The van der Waals surface area contributed by atoms with Gasteiger partial charge >= 0.3 is 0 Å². The number of carbonyl (C=O) groups excluding carboxylic acids is 2. The molecule has 1 aliphatic carbocycles. The third-order valence-corrected chi connectivity index (χ3v) is 11.6. The standard InChI is InChI=1S/C37H38BrCl2N3O4S/c1-26-15-18-32(19-16-26)48(46,47)43(31-17-20-33(39)34(40)23-31)25-36(44)42(24-28-11-8-12-29(38)21-28)35(22-27-9-4-2-5-10-27)37(45)41-30-13-6-3-7-14-30/h2,4-5,8-12,15-21,23,30,35H,3,6-7,13-14,22,24-25H2,1H3,(H,41,45). The summed E-state index contributed by atoms with van der Waals surface area (Å²) >= 11 is 16.1. The highest BCUT2D eigenvalue weighted by Gasteiger charge is 2.35. The maximum atomic E-state index is 14.7. The average Bonchev–Trinajstić information content (AvgIpc) is 3.07. The van der Waals surface area contributed by atoms with E-state index in [-0.39, 0.29) is 45.5 Å². The van der Waals surface area contributed by atoms with Gasteiger partial charge in [0.15, 0.2) is 0 Å². The zero-order valence-electron chi connectivity index (χ0n) is 26.6. The molecule has 4 aromatic rings. The van der Waals surface area contributed by atoms with Crippen LogP contribution in [0, 0.1) is 6.92 Å². The van der Waals surface area contributed by atoms with Gasteiger partial charge in [0.1, 0.15) is 12.6 Å². The Morgan fingerprint density at radius 3 is 2.21 bits per heavy atom. The lowest BCUT2D eigenvalue weighted by Gasteiger charge is -2.35. The van der Waals surface area contributed by atoms with Crippen LogP contribution in [0.2, 0.25) is 10.0 Å². The molecule has 0 aromatic heterocycles. The van der Waals surface area contributed by atoms with Gasteiger partial charge in [-0.1, -0.05) is 119 Å². The molecule has 2 amide bonds. The fraction of sp³-hybridized carbons (Fsp3) is 0.297. The summed E-state index contributed by atoms with van der Waals surface area (Å²) in [6.45, 7) is 1.36. The lowest BCUT2D eigenvalue weighted by atomic mass is 9.94. The summed E-state index contributed by atoms with van der Waals surface area (Å²) in [7, 11) is -4.26. The molecule has 1 fully saturated rings. The third kappa shape index (κ3) is 9.20. The van der Waals surface area contributed by atoms with Crippen molar-refractivity contribution in [1.29, 1.82) is 0 Å². The predicted molar refractivity (Wildman–Crippen MR) is 196 cm³/mol. The van der Waals surface area contributed by atoms with E-state index in [0.29, 0.717) is 0 Å². The first-order valence-electron chi connectivity index (χ1n) is 15.9. The third-order valence-electron chi connectivity index (χ3n) is 8.54. The smallest absolute Gasteiger partial charge is 0.264 e. The van der Waals surface area contributed by atoms with Crippen LogP contribution in [0.25, 0.3) is 0 Å². The van der Waals surface area contributed by atoms with Crippen LogP contribution < -0.4 is 9.62 Å². The molecule has 1 unspecified atom stereocenters. The second-order valence-corrected chi connectivity index (χ2v) is 15.7. The van der Waals surface area contributed by atoms with Crippen LogP contribution in [0.15, 0.2) is 106 Å². The van der Waals surface area contributed by atoms with Gasteiger partial charge in [-0.2, -0.15) is 0 Å². The summed E-state index contributed by atoms with van der Waals surface area (Å²) in [5.41, 5.74) is 2.72. The van der Waals surface area contributed by atoms with Gasteiger partial charge in [-0.3, -0.25) is 13.9 Å². The fourth-order valence-electron chi connectivity index (χ4n) is 5.94. The second kappa shape index (κ2) is 16.4. The molecule has 0 radical (unpaired) electrons. The van der Waals surface area contributed by atoms with Crippen molar-refractivity contribution in [2.45, 2.75) is 69.0 Å². The zero-order valence-corrected chi connectivity index (χ0v) is 30.5. The zero-order chi connectivity index (χ0) is 34.3. The maximum absolute atomic E-state index is 14.7. The minimum absolute atomic E-state index is 0.0152. The number of hydrogen-bond donors (Lipinski definition) is 1. The van der Waals surface area contributed by atoms with Crippen molar-refractivity contribution in [2.24, 2.45) is 0 Å². The lowest BCUT2D eigenvalue weighted by molar-refractivity contribution is -0.140. The molecule has 4 aromatic carbocycles. The molecule has 0 bridgehead atoms. The first-order valence-corrected chi connectivity index (χ1v) is 18.9. The Labute approximate surface area is 301 Å². The summed E-state index contributed by atoms with van der Waals surface area (Å²) in [5.74, 6) is -0.812. The molecule has 1 N–H and O–H groups in total. The lowest BCUT2D eigenvalue weighted by Crippen LogP contribution is -2.55. The molecule has 0 heterocycles. The summed E-state index contributed by atoms with van der Waals surface area (Å²) in [4.78, 5) is 30.4. The van der Waals surface area contributed by atoms with Crippen LogP contribution in [-0.2, 0) is 32.6 Å². The molecule has 11 heteroatoms. The Hall–Kier alpha value is -3.37. The van der Waals surface area contributed by atoms with Crippen LogP contribution >= 0.6 is 39.1 Å². The van der Waals surface area contributed by atoms with E-state index in [0.717, 1.165) is 57.6 Å². The molecular weight excluding hydrogens is 733 g/mol. The van der Waals surface area contributed by atoms with Crippen LogP contribution in [-0.4, -0.2) is 43.8 Å². The number of hydrogen-bond acceptors (Lipinski definition) is 4. The van der Waals surface area contributed by atoms with Crippen molar-refractivity contribution in [2.75, 3.05) is 10.8 Å². The van der Waals surface area contributed by atoms with Crippen molar-refractivity contribution in [3.05, 3.63) is 128 Å². The Bertz CT molecular complexity index is 1840. The molecular formula is C37H38BrCl2N3O4S. The van der Waals surface area contributed by atoms with E-state index < -0.39 is 28.5 Å². The van der Waals surface area contributed by atoms with Crippen LogP contribution in [0.5, 0.6) is 0 Å². The number of halogens is 3. The number of aryl methyl sites for hydroxylation is 1. The number of sulfonamides is 1. The van der Waals surface area contributed by atoms with Gasteiger partial charge in [0.2, 0.25) is 11.8 Å². The Kier molecular flexibility index (Phi) is 12.2. The first kappa shape index (κ1) is 35.9. The van der Waals surface area contributed by atoms with Crippen molar-refractivity contribution in [3.8, 4) is 0 Å². The summed E-state index contributed by atoms with van der Waals surface area (Å²) in [5, 5.41) is 3.62. The van der Waals surface area contributed by atoms with Gasteiger partial charge in [0.05, 0.1) is 20.6 Å². The summed E-state index contributed by atoms with van der Waals surface area (Å²) in [6.07, 6.45) is 5.20. The first-order chi connectivity index (χ1) is 23.0. The highest BCUT2D eigenvalue weighted by Crippen LogP contribution is 2.31. The number of rotatable bonds is 12. The molecule has 5 rings (SSSR count). The van der Waals surface area contributed by atoms with E-state index in [1.807, 2.05) is 61.5 Å². The van der Waals surface area contributed by atoms with Crippen LogP contribution in [0.4, 0.5) is 5.69 Å². The van der Waals surface area contributed by atoms with Crippen molar-refractivity contribution in [3.63, 3.8) is 0 Å². The molecule has 48 heavy (non-hydrogen) atoms. The van der Waals surface area contributed by atoms with E-state index in [1.54, 1.807) is 12.1 Å². The second-order valence-electron chi connectivity index (χ2n) is 12.1. The minimum Gasteiger partial charge on any atom is -0.352 e. The summed E-state index contributed by atoms with van der Waals surface area (Å²) < 4.78 is 30.4. The van der Waals surface area contributed by atoms with E-state index in [1.165, 1.54) is 35.2 Å². The van der Waals surface area contributed by atoms with Gasteiger partial charge < -0.3 is 10.2 Å². The van der Waals surface area contributed by atoms with E-state index in [9.17, 15) is 18.0 Å². The normalized spacial score (nSPS) is 14.2. The van der Waals surface area contributed by atoms with E-state index >= 15 is 0 Å². The van der Waals surface area contributed by atoms with E-state index in [4.69, 9.17) is 23.2 Å². The Morgan fingerprint density at radius 1 is 0.854 bits per heavy atom. The number of amides is 2. The van der Waals surface area contributed by atoms with Crippen molar-refractivity contribution in [1.82, 2.24) is 10.2 Å². The SMILES string of the molecule is Cc1ccc(S(=O)(=O)N(CC(=O)N(Cc2cccc(Br)c2)C(Cc2ccccc2)C(=O)NC2CCCCC2)c2ccc(Cl)c(Cl)c2)cc1. The Morgan fingerprint density at radius 2 is 1.54 bits per heavy atom. The van der Waals surface area contributed by atoms with Crippen molar-refractivity contribution >= 4 is 66.7 Å². The topological polar surface area (TPSA) is 86.8 Å². The average molecular weight is 772 g/mol. The summed E-state index contributed by atoms with van der Waals surface area (Å²) in [6, 6.07) is 27.0. The van der Waals surface area contributed by atoms with E-state index in [2.05, 4.69) is 21.2 Å². The predicted octanol–water partition coefficient (Wildman–Crippen LogP) is 8.35. The highest BCUT2D eigenvalue weighted by atomic mass is 79.9. The number of anilines is 1. The number of benzene rings is 4. The molecule has 1 atom stereocenters. The van der Waals surface area contributed by atoms with Crippen LogP contribution in [0.3, 0.4) is 0 Å². The molecule has 1 aliphatic rings. The molecule has 0 saturated heterocycles. The molecule has 7 nitrogen and oxygen atoms in total. The fourth-order valence-corrected chi connectivity index (χ4v) is 8.08. The highest BCUT2D eigenvalue weighted by molar-refractivity contribution is 9.10. The largest absolute Gasteiger partial charge is 0.352 e. The quantitative estimate of drug-likeness (QED) is 0.157. The monoisotopic (exact) mass is 769 g/mol. The van der Waals surface area contributed by atoms with Gasteiger partial charge in [0, 0.05) is 23.5 Å². The number of nitrogens with zero attached hydrogens (tertiary/aromatic N) is 2. The van der Waals surface area contributed by atoms with Gasteiger partial charge in [-0.05, 0) is 73.4 Å². The van der Waals surface area contributed by atoms with Gasteiger partial charge in [0.25, 0.3) is 10.0 Å². The molecule has 0 spiro atoms. The number of carbonyl (C=O) groups is 2. The van der Waals surface area contributed by atoms with Crippen molar-refractivity contribution < 1.29 is 18.0 Å². The van der Waals surface area contributed by atoms with Crippen LogP contribution in [0.1, 0.15) is 48.8 Å². The maximum Gasteiger partial charge on any atom is 0.264 e.